The highest BCUT2D eigenvalue weighted by molar-refractivity contribution is 5.74. The Bertz CT molecular complexity index is 393. The standard InChI is InChI=1S/C14H22N2O/c1-11-7-6-8-12(9-11)10-16(5)13(17)15-14(2,3)4/h6-9H,10H2,1-5H3,(H,15,17). The van der Waals surface area contributed by atoms with Gasteiger partial charge >= 0.3 is 6.03 Å². The largest absolute Gasteiger partial charge is 0.333 e. The Labute approximate surface area is 104 Å². The Balaban J connectivity index is 2.60. The van der Waals surface area contributed by atoms with Crippen molar-refractivity contribution in [3.8, 4) is 0 Å². The predicted octanol–water partition coefficient (Wildman–Crippen LogP) is 2.93. The van der Waals surface area contributed by atoms with Gasteiger partial charge in [0.25, 0.3) is 0 Å². The van der Waals surface area contributed by atoms with E-state index in [4.69, 9.17) is 0 Å². The number of nitrogens with one attached hydrogen (secondary N) is 1. The van der Waals surface area contributed by atoms with E-state index in [-0.39, 0.29) is 11.6 Å². The van der Waals surface area contributed by atoms with Gasteiger partial charge in [-0.05, 0) is 33.3 Å². The van der Waals surface area contributed by atoms with Crippen LogP contribution in [0.4, 0.5) is 4.79 Å². The number of rotatable bonds is 2. The van der Waals surface area contributed by atoms with Crippen LogP contribution < -0.4 is 5.32 Å². The Morgan fingerprint density at radius 1 is 1.35 bits per heavy atom. The average molecular weight is 234 g/mol. The summed E-state index contributed by atoms with van der Waals surface area (Å²) in [4.78, 5) is 13.6. The van der Waals surface area contributed by atoms with Crippen molar-refractivity contribution in [2.75, 3.05) is 7.05 Å². The van der Waals surface area contributed by atoms with Crippen LogP contribution in [0.15, 0.2) is 24.3 Å². The fourth-order valence-corrected chi connectivity index (χ4v) is 1.57. The first kappa shape index (κ1) is 13.6. The van der Waals surface area contributed by atoms with Crippen LogP contribution in [-0.4, -0.2) is 23.5 Å². The SMILES string of the molecule is Cc1cccc(CN(C)C(=O)NC(C)(C)C)c1. The maximum Gasteiger partial charge on any atom is 0.317 e. The maximum atomic E-state index is 11.9. The van der Waals surface area contributed by atoms with Crippen molar-refractivity contribution in [2.24, 2.45) is 0 Å². The number of hydrogen-bond donors (Lipinski definition) is 1. The monoisotopic (exact) mass is 234 g/mol. The topological polar surface area (TPSA) is 32.3 Å². The molecule has 1 aromatic carbocycles. The summed E-state index contributed by atoms with van der Waals surface area (Å²) in [6, 6.07) is 8.16. The molecule has 0 aliphatic heterocycles. The van der Waals surface area contributed by atoms with Gasteiger partial charge in [0.15, 0.2) is 0 Å². The molecule has 0 aliphatic rings. The van der Waals surface area contributed by atoms with E-state index in [1.165, 1.54) is 5.56 Å². The Kier molecular flexibility index (Phi) is 4.16. The zero-order valence-corrected chi connectivity index (χ0v) is 11.4. The van der Waals surface area contributed by atoms with Gasteiger partial charge in [-0.15, -0.1) is 0 Å². The molecule has 0 heterocycles. The first-order valence-electron chi connectivity index (χ1n) is 5.87. The van der Waals surface area contributed by atoms with Crippen LogP contribution in [0.3, 0.4) is 0 Å². The first-order chi connectivity index (χ1) is 7.78. The van der Waals surface area contributed by atoms with Crippen LogP contribution >= 0.6 is 0 Å². The molecule has 0 saturated heterocycles. The summed E-state index contributed by atoms with van der Waals surface area (Å²) in [6.45, 7) is 8.62. The van der Waals surface area contributed by atoms with E-state index in [1.54, 1.807) is 4.90 Å². The summed E-state index contributed by atoms with van der Waals surface area (Å²) in [5.74, 6) is 0. The molecular weight excluding hydrogens is 212 g/mol. The van der Waals surface area contributed by atoms with Crippen molar-refractivity contribution in [3.63, 3.8) is 0 Å². The van der Waals surface area contributed by atoms with Crippen LogP contribution in [-0.2, 0) is 6.54 Å². The van der Waals surface area contributed by atoms with Crippen molar-refractivity contribution in [1.82, 2.24) is 10.2 Å². The third kappa shape index (κ3) is 4.89. The van der Waals surface area contributed by atoms with E-state index in [1.807, 2.05) is 40.0 Å². The van der Waals surface area contributed by atoms with Gasteiger partial charge in [-0.1, -0.05) is 29.8 Å². The summed E-state index contributed by atoms with van der Waals surface area (Å²) < 4.78 is 0. The zero-order valence-electron chi connectivity index (χ0n) is 11.4. The molecule has 3 nitrogen and oxygen atoms in total. The predicted molar refractivity (Wildman–Crippen MR) is 70.9 cm³/mol. The highest BCUT2D eigenvalue weighted by Crippen LogP contribution is 2.07. The van der Waals surface area contributed by atoms with Gasteiger partial charge in [-0.2, -0.15) is 0 Å². The Hall–Kier alpha value is -1.51. The first-order valence-corrected chi connectivity index (χ1v) is 5.87. The maximum absolute atomic E-state index is 11.9. The lowest BCUT2D eigenvalue weighted by molar-refractivity contribution is 0.197. The number of carbonyl (C=O) groups excluding carboxylic acids is 1. The number of aryl methyl sites for hydroxylation is 1. The van der Waals surface area contributed by atoms with Crippen molar-refractivity contribution in [3.05, 3.63) is 35.4 Å². The van der Waals surface area contributed by atoms with Gasteiger partial charge in [-0.3, -0.25) is 0 Å². The zero-order chi connectivity index (χ0) is 13.1. The molecule has 0 fully saturated rings. The second-order valence-corrected chi connectivity index (χ2v) is 5.53. The molecule has 0 unspecified atom stereocenters. The summed E-state index contributed by atoms with van der Waals surface area (Å²) >= 11 is 0. The van der Waals surface area contributed by atoms with Crippen molar-refractivity contribution < 1.29 is 4.79 Å². The van der Waals surface area contributed by atoms with E-state index in [2.05, 4.69) is 24.4 Å². The second kappa shape index (κ2) is 5.21. The molecule has 2 amide bonds. The van der Waals surface area contributed by atoms with Gasteiger partial charge in [-0.25, -0.2) is 4.79 Å². The van der Waals surface area contributed by atoms with Gasteiger partial charge in [0.05, 0.1) is 0 Å². The van der Waals surface area contributed by atoms with Gasteiger partial charge in [0.2, 0.25) is 0 Å². The second-order valence-electron chi connectivity index (χ2n) is 5.53. The third-order valence-electron chi connectivity index (χ3n) is 2.33. The summed E-state index contributed by atoms with van der Waals surface area (Å²) in [6.07, 6.45) is 0. The molecule has 0 spiro atoms. The van der Waals surface area contributed by atoms with Crippen LogP contribution in [0, 0.1) is 6.92 Å². The van der Waals surface area contributed by atoms with Crippen molar-refractivity contribution in [2.45, 2.75) is 39.8 Å². The molecule has 0 saturated carbocycles. The molecular formula is C14H22N2O. The molecule has 1 aromatic rings. The highest BCUT2D eigenvalue weighted by atomic mass is 16.2. The quantitative estimate of drug-likeness (QED) is 0.838. The van der Waals surface area contributed by atoms with Crippen LogP contribution in [0.5, 0.6) is 0 Å². The molecule has 0 aliphatic carbocycles. The molecule has 0 bridgehead atoms. The third-order valence-corrected chi connectivity index (χ3v) is 2.33. The van der Waals surface area contributed by atoms with E-state index in [9.17, 15) is 4.79 Å². The van der Waals surface area contributed by atoms with Crippen molar-refractivity contribution in [1.29, 1.82) is 0 Å². The lowest BCUT2D eigenvalue weighted by atomic mass is 10.1. The molecule has 0 radical (unpaired) electrons. The number of amides is 2. The van der Waals surface area contributed by atoms with Crippen LogP contribution in [0.1, 0.15) is 31.9 Å². The normalized spacial score (nSPS) is 11.1. The van der Waals surface area contributed by atoms with E-state index in [0.29, 0.717) is 6.54 Å². The number of benzene rings is 1. The van der Waals surface area contributed by atoms with E-state index >= 15 is 0 Å². The summed E-state index contributed by atoms with van der Waals surface area (Å²) in [5.41, 5.74) is 2.17. The average Bonchev–Trinajstić information content (AvgIpc) is 2.14. The van der Waals surface area contributed by atoms with E-state index in [0.717, 1.165) is 5.56 Å². The minimum Gasteiger partial charge on any atom is -0.333 e. The lowest BCUT2D eigenvalue weighted by Gasteiger charge is -2.25. The summed E-state index contributed by atoms with van der Waals surface area (Å²) in [5, 5.41) is 2.94. The molecule has 94 valence electrons. The fraction of sp³-hybridized carbons (Fsp3) is 0.500. The molecule has 1 N–H and O–H groups in total. The molecule has 0 atom stereocenters. The summed E-state index contributed by atoms with van der Waals surface area (Å²) in [7, 11) is 1.81. The number of hydrogen-bond acceptors (Lipinski definition) is 1. The number of nitrogens with zero attached hydrogens (tertiary/aromatic N) is 1. The Morgan fingerprint density at radius 3 is 2.53 bits per heavy atom. The van der Waals surface area contributed by atoms with Gasteiger partial charge in [0, 0.05) is 19.1 Å². The minimum absolute atomic E-state index is 0.0426. The molecule has 1 rings (SSSR count). The molecule has 3 heteroatoms. The molecule has 0 aromatic heterocycles. The highest BCUT2D eigenvalue weighted by Gasteiger charge is 2.16. The smallest absolute Gasteiger partial charge is 0.317 e. The van der Waals surface area contributed by atoms with Gasteiger partial charge in [0.1, 0.15) is 0 Å². The van der Waals surface area contributed by atoms with E-state index < -0.39 is 0 Å². The molecule has 17 heavy (non-hydrogen) atoms. The van der Waals surface area contributed by atoms with Gasteiger partial charge < -0.3 is 10.2 Å². The Morgan fingerprint density at radius 2 is 2.00 bits per heavy atom. The number of urea groups is 1. The van der Waals surface area contributed by atoms with Crippen LogP contribution in [0.25, 0.3) is 0 Å². The fourth-order valence-electron chi connectivity index (χ4n) is 1.57. The lowest BCUT2D eigenvalue weighted by Crippen LogP contribution is -2.46. The number of carbonyl (C=O) groups is 1. The minimum atomic E-state index is -0.196. The van der Waals surface area contributed by atoms with Crippen LogP contribution in [0.2, 0.25) is 0 Å². The van der Waals surface area contributed by atoms with Crippen molar-refractivity contribution >= 4 is 6.03 Å².